The van der Waals surface area contributed by atoms with Crippen LogP contribution in [-0.2, 0) is 9.53 Å². The summed E-state index contributed by atoms with van der Waals surface area (Å²) in [6.45, 7) is 2.25. The van der Waals surface area contributed by atoms with Gasteiger partial charge >= 0.3 is 5.97 Å². The molecule has 1 amide bonds. The van der Waals surface area contributed by atoms with Crippen LogP contribution in [0.2, 0.25) is 0 Å². The van der Waals surface area contributed by atoms with E-state index in [-0.39, 0.29) is 23.7 Å². The third kappa shape index (κ3) is 3.41. The number of nitro benzene ring substituents is 1. The minimum Gasteiger partial charge on any atom is -0.481 e. The second-order valence-electron chi connectivity index (χ2n) is 6.10. The number of rotatable bonds is 4. The lowest BCUT2D eigenvalue weighted by atomic mass is 10.1. The molecule has 1 aromatic rings. The summed E-state index contributed by atoms with van der Waals surface area (Å²) < 4.78 is 5.29. The maximum atomic E-state index is 12.9. The van der Waals surface area contributed by atoms with Crippen LogP contribution in [0.1, 0.15) is 16.8 Å². The van der Waals surface area contributed by atoms with Crippen molar-refractivity contribution < 1.29 is 24.4 Å². The van der Waals surface area contributed by atoms with E-state index in [0.29, 0.717) is 45.0 Å². The first kappa shape index (κ1) is 17.2. The van der Waals surface area contributed by atoms with Gasteiger partial charge in [-0.3, -0.25) is 19.7 Å². The van der Waals surface area contributed by atoms with Crippen LogP contribution in [0, 0.1) is 16.0 Å². The maximum Gasteiger partial charge on any atom is 0.308 e. The highest BCUT2D eigenvalue weighted by Crippen LogP contribution is 2.34. The van der Waals surface area contributed by atoms with Crippen molar-refractivity contribution in [3.8, 4) is 0 Å². The quantitative estimate of drug-likeness (QED) is 0.636. The van der Waals surface area contributed by atoms with E-state index in [4.69, 9.17) is 9.84 Å². The molecular weight excluding hydrogens is 330 g/mol. The molecule has 9 heteroatoms. The number of nitrogens with zero attached hydrogens (tertiary/aromatic N) is 3. The summed E-state index contributed by atoms with van der Waals surface area (Å²) in [7, 11) is 0. The summed E-state index contributed by atoms with van der Waals surface area (Å²) in [6.07, 6.45) is 0.392. The molecule has 0 aromatic heterocycles. The van der Waals surface area contributed by atoms with Crippen molar-refractivity contribution in [1.29, 1.82) is 0 Å². The Hall–Kier alpha value is -2.68. The van der Waals surface area contributed by atoms with Gasteiger partial charge in [-0.15, -0.1) is 0 Å². The normalized spacial score (nSPS) is 20.6. The number of benzene rings is 1. The summed E-state index contributed by atoms with van der Waals surface area (Å²) in [5.74, 6) is -1.88. The van der Waals surface area contributed by atoms with Crippen molar-refractivity contribution in [2.45, 2.75) is 6.42 Å². The van der Waals surface area contributed by atoms with Gasteiger partial charge in [-0.05, 0) is 12.5 Å². The Bertz CT molecular complexity index is 701. The summed E-state index contributed by atoms with van der Waals surface area (Å²) >= 11 is 0. The number of likely N-dealkylation sites (tertiary alicyclic amines) is 1. The highest BCUT2D eigenvalue weighted by Gasteiger charge is 2.34. The van der Waals surface area contributed by atoms with E-state index < -0.39 is 16.8 Å². The molecule has 0 saturated carbocycles. The third-order valence-corrected chi connectivity index (χ3v) is 4.59. The van der Waals surface area contributed by atoms with Crippen LogP contribution in [0.5, 0.6) is 0 Å². The number of carboxylic acids is 1. The summed E-state index contributed by atoms with van der Waals surface area (Å²) in [6, 6.07) is 4.43. The number of carboxylic acid groups (broad SMARTS) is 1. The van der Waals surface area contributed by atoms with Gasteiger partial charge in [0.2, 0.25) is 0 Å². The number of carbonyl (C=O) groups is 2. The van der Waals surface area contributed by atoms with E-state index >= 15 is 0 Å². The first-order chi connectivity index (χ1) is 12.0. The molecule has 0 aliphatic carbocycles. The van der Waals surface area contributed by atoms with Gasteiger partial charge in [0.05, 0.1) is 29.6 Å². The Morgan fingerprint density at radius 3 is 2.56 bits per heavy atom. The van der Waals surface area contributed by atoms with E-state index in [2.05, 4.69) is 0 Å². The fourth-order valence-corrected chi connectivity index (χ4v) is 3.29. The number of ether oxygens (including phenoxy) is 1. The molecule has 1 unspecified atom stereocenters. The molecule has 0 bridgehead atoms. The van der Waals surface area contributed by atoms with Crippen molar-refractivity contribution in [2.75, 3.05) is 44.3 Å². The number of anilines is 1. The highest BCUT2D eigenvalue weighted by atomic mass is 16.6. The molecule has 2 fully saturated rings. The zero-order valence-electron chi connectivity index (χ0n) is 13.6. The molecule has 1 N–H and O–H groups in total. The Kier molecular flexibility index (Phi) is 4.84. The van der Waals surface area contributed by atoms with Crippen molar-refractivity contribution >= 4 is 23.3 Å². The standard InChI is InChI=1S/C16H19N3O6/c20-15(18-5-4-11(10-18)16(21)22)12-2-1-3-13(19(23)24)14(12)17-6-8-25-9-7-17/h1-3,11H,4-10H2,(H,21,22). The number of para-hydroxylation sites is 1. The molecule has 9 nitrogen and oxygen atoms in total. The van der Waals surface area contributed by atoms with Gasteiger partial charge in [0.1, 0.15) is 5.69 Å². The molecule has 2 aliphatic heterocycles. The smallest absolute Gasteiger partial charge is 0.308 e. The lowest BCUT2D eigenvalue weighted by Crippen LogP contribution is -2.39. The Morgan fingerprint density at radius 2 is 1.96 bits per heavy atom. The largest absolute Gasteiger partial charge is 0.481 e. The summed E-state index contributed by atoms with van der Waals surface area (Å²) in [4.78, 5) is 38.2. The molecule has 0 radical (unpaired) electrons. The first-order valence-electron chi connectivity index (χ1n) is 8.11. The first-order valence-corrected chi connectivity index (χ1v) is 8.11. The number of morpholine rings is 1. The molecule has 1 atom stereocenters. The van der Waals surface area contributed by atoms with Gasteiger partial charge < -0.3 is 19.6 Å². The van der Waals surface area contributed by atoms with Crippen LogP contribution in [0.25, 0.3) is 0 Å². The van der Waals surface area contributed by atoms with Gasteiger partial charge in [-0.25, -0.2) is 0 Å². The van der Waals surface area contributed by atoms with Crippen molar-refractivity contribution in [2.24, 2.45) is 5.92 Å². The molecule has 2 saturated heterocycles. The van der Waals surface area contributed by atoms with E-state index in [0.717, 1.165) is 0 Å². The average molecular weight is 349 g/mol. The van der Waals surface area contributed by atoms with E-state index in [9.17, 15) is 19.7 Å². The monoisotopic (exact) mass is 349 g/mol. The lowest BCUT2D eigenvalue weighted by molar-refractivity contribution is -0.384. The van der Waals surface area contributed by atoms with Crippen LogP contribution in [-0.4, -0.2) is 66.2 Å². The van der Waals surface area contributed by atoms with E-state index in [1.165, 1.54) is 17.0 Å². The number of aliphatic carboxylic acids is 1. The van der Waals surface area contributed by atoms with Crippen LogP contribution in [0.15, 0.2) is 18.2 Å². The van der Waals surface area contributed by atoms with E-state index in [1.807, 2.05) is 0 Å². The van der Waals surface area contributed by atoms with Crippen LogP contribution < -0.4 is 4.90 Å². The molecular formula is C16H19N3O6. The Labute approximate surface area is 143 Å². The third-order valence-electron chi connectivity index (χ3n) is 4.59. The van der Waals surface area contributed by atoms with Gasteiger partial charge in [-0.1, -0.05) is 6.07 Å². The van der Waals surface area contributed by atoms with Crippen molar-refractivity contribution in [1.82, 2.24) is 4.90 Å². The number of amides is 1. The molecule has 134 valence electrons. The second-order valence-corrected chi connectivity index (χ2v) is 6.10. The fourth-order valence-electron chi connectivity index (χ4n) is 3.29. The zero-order chi connectivity index (χ0) is 18.0. The predicted molar refractivity (Wildman–Crippen MR) is 87.8 cm³/mol. The topological polar surface area (TPSA) is 113 Å². The molecule has 2 aliphatic rings. The summed E-state index contributed by atoms with van der Waals surface area (Å²) in [5.41, 5.74) is 0.406. The lowest BCUT2D eigenvalue weighted by Gasteiger charge is -2.30. The van der Waals surface area contributed by atoms with Crippen LogP contribution in [0.4, 0.5) is 11.4 Å². The molecule has 0 spiro atoms. The predicted octanol–water partition coefficient (Wildman–Crippen LogP) is 0.978. The van der Waals surface area contributed by atoms with Crippen molar-refractivity contribution in [3.63, 3.8) is 0 Å². The second kappa shape index (κ2) is 7.06. The van der Waals surface area contributed by atoms with E-state index in [1.54, 1.807) is 11.0 Å². The molecule has 3 rings (SSSR count). The molecule has 1 aromatic carbocycles. The number of carbonyl (C=O) groups excluding carboxylic acids is 1. The highest BCUT2D eigenvalue weighted by molar-refractivity contribution is 6.02. The minimum atomic E-state index is -0.928. The zero-order valence-corrected chi connectivity index (χ0v) is 13.6. The molecule has 2 heterocycles. The van der Waals surface area contributed by atoms with Gasteiger partial charge in [0, 0.05) is 32.2 Å². The number of hydrogen-bond donors (Lipinski definition) is 1. The van der Waals surface area contributed by atoms with Gasteiger partial charge in [0.15, 0.2) is 0 Å². The minimum absolute atomic E-state index is 0.123. The van der Waals surface area contributed by atoms with Crippen LogP contribution >= 0.6 is 0 Å². The van der Waals surface area contributed by atoms with Gasteiger partial charge in [0.25, 0.3) is 11.6 Å². The average Bonchev–Trinajstić information content (AvgIpc) is 3.11. The SMILES string of the molecule is O=C(O)C1CCN(C(=O)c2cccc([N+](=O)[O-])c2N2CCOCC2)C1. The fraction of sp³-hybridized carbons (Fsp3) is 0.500. The van der Waals surface area contributed by atoms with Crippen LogP contribution in [0.3, 0.4) is 0 Å². The Morgan fingerprint density at radius 1 is 1.24 bits per heavy atom. The molecule has 25 heavy (non-hydrogen) atoms. The van der Waals surface area contributed by atoms with Gasteiger partial charge in [-0.2, -0.15) is 0 Å². The Balaban J connectivity index is 1.95. The van der Waals surface area contributed by atoms with Crippen molar-refractivity contribution in [3.05, 3.63) is 33.9 Å². The number of hydrogen-bond acceptors (Lipinski definition) is 6. The number of nitro groups is 1. The summed E-state index contributed by atoms with van der Waals surface area (Å²) in [5, 5.41) is 20.6. The maximum absolute atomic E-state index is 12.9.